The van der Waals surface area contributed by atoms with Crippen molar-refractivity contribution in [3.63, 3.8) is 0 Å². The van der Waals surface area contributed by atoms with Crippen molar-refractivity contribution in [1.82, 2.24) is 14.8 Å². The molecular formula is C24H23F3IN3O4S. The van der Waals surface area contributed by atoms with Crippen LogP contribution in [0, 0.1) is 10.5 Å². The summed E-state index contributed by atoms with van der Waals surface area (Å²) in [4.78, 5) is 29.6. The molecule has 0 aliphatic carbocycles. The molecule has 0 bridgehead atoms. The van der Waals surface area contributed by atoms with Gasteiger partial charge in [0.1, 0.15) is 10.6 Å². The number of aryl methyl sites for hydroxylation is 1. The predicted octanol–water partition coefficient (Wildman–Crippen LogP) is 6.13. The van der Waals surface area contributed by atoms with Crippen LogP contribution in [-0.4, -0.2) is 39.4 Å². The molecule has 0 spiro atoms. The molecule has 0 saturated carbocycles. The van der Waals surface area contributed by atoms with Gasteiger partial charge in [-0.05, 0) is 68.5 Å². The Hall–Kier alpha value is -2.74. The number of rotatable bonds is 6. The van der Waals surface area contributed by atoms with E-state index in [0.717, 1.165) is 12.1 Å². The first-order valence-electron chi connectivity index (χ1n) is 10.6. The van der Waals surface area contributed by atoms with E-state index in [1.54, 1.807) is 27.7 Å². The van der Waals surface area contributed by atoms with E-state index < -0.39 is 29.3 Å². The van der Waals surface area contributed by atoms with Crippen molar-refractivity contribution < 1.29 is 32.2 Å². The predicted molar refractivity (Wildman–Crippen MR) is 138 cm³/mol. The topological polar surface area (TPSA) is 83.3 Å². The zero-order chi connectivity index (χ0) is 26.8. The number of ether oxygens (including phenoxy) is 2. The molecule has 3 aromatic rings. The third kappa shape index (κ3) is 6.72. The van der Waals surface area contributed by atoms with Crippen LogP contribution in [0.3, 0.4) is 0 Å². The highest BCUT2D eigenvalue weighted by Gasteiger charge is 2.30. The van der Waals surface area contributed by atoms with Gasteiger partial charge in [0, 0.05) is 11.6 Å². The Bertz CT molecular complexity index is 1310. The molecule has 0 fully saturated rings. The fourth-order valence-electron chi connectivity index (χ4n) is 3.16. The number of halogens is 4. The molecule has 2 heterocycles. The number of thiazole rings is 1. The summed E-state index contributed by atoms with van der Waals surface area (Å²) in [5.74, 6) is -1.12. The van der Waals surface area contributed by atoms with E-state index in [-0.39, 0.29) is 12.2 Å². The number of carbonyl (C=O) groups excluding carboxylic acids is 2. The van der Waals surface area contributed by atoms with E-state index >= 15 is 0 Å². The molecule has 0 N–H and O–H groups in total. The van der Waals surface area contributed by atoms with E-state index in [1.165, 1.54) is 47.4 Å². The molecule has 0 aliphatic rings. The molecule has 0 radical (unpaired) electrons. The number of carbonyl (C=O) groups is 2. The number of alkyl halides is 3. The van der Waals surface area contributed by atoms with Crippen molar-refractivity contribution in [1.29, 1.82) is 0 Å². The van der Waals surface area contributed by atoms with Crippen LogP contribution >= 0.6 is 33.9 Å². The Morgan fingerprint density at radius 2 is 1.81 bits per heavy atom. The summed E-state index contributed by atoms with van der Waals surface area (Å²) in [6, 6.07) is 4.61. The van der Waals surface area contributed by atoms with Crippen molar-refractivity contribution in [2.75, 3.05) is 7.11 Å². The summed E-state index contributed by atoms with van der Waals surface area (Å²) in [6.07, 6.45) is -1.71. The van der Waals surface area contributed by atoms with Gasteiger partial charge >= 0.3 is 18.1 Å². The monoisotopic (exact) mass is 633 g/mol. The van der Waals surface area contributed by atoms with Crippen LogP contribution in [-0.2, 0) is 27.0 Å². The summed E-state index contributed by atoms with van der Waals surface area (Å²) in [5, 5.41) is 4.92. The molecule has 36 heavy (non-hydrogen) atoms. The average molecular weight is 633 g/mol. The van der Waals surface area contributed by atoms with Crippen molar-refractivity contribution in [3.8, 4) is 11.3 Å². The first kappa shape index (κ1) is 27.8. The van der Waals surface area contributed by atoms with Crippen molar-refractivity contribution >= 4 is 51.9 Å². The van der Waals surface area contributed by atoms with Gasteiger partial charge in [0.25, 0.3) is 0 Å². The molecule has 0 unspecified atom stereocenters. The number of hydrogen-bond acceptors (Lipinski definition) is 7. The first-order valence-corrected chi connectivity index (χ1v) is 12.5. The largest absolute Gasteiger partial charge is 0.464 e. The summed E-state index contributed by atoms with van der Waals surface area (Å²) in [6.45, 7) is 7.10. The zero-order valence-electron chi connectivity index (χ0n) is 20.1. The summed E-state index contributed by atoms with van der Waals surface area (Å²) >= 11 is 3.23. The molecule has 0 aliphatic heterocycles. The molecule has 0 amide bonds. The third-order valence-corrected chi connectivity index (χ3v) is 6.98. The second-order valence-electron chi connectivity index (χ2n) is 8.66. The van der Waals surface area contributed by atoms with Crippen LogP contribution in [0.4, 0.5) is 13.2 Å². The fourth-order valence-corrected chi connectivity index (χ4v) is 4.74. The summed E-state index contributed by atoms with van der Waals surface area (Å²) in [5.41, 5.74) is 0.274. The molecule has 0 saturated heterocycles. The molecule has 192 valence electrons. The minimum absolute atomic E-state index is 0.118. The number of aromatic nitrogens is 3. The first-order chi connectivity index (χ1) is 16.7. The van der Waals surface area contributed by atoms with E-state index in [2.05, 4.69) is 10.1 Å². The van der Waals surface area contributed by atoms with Crippen LogP contribution < -0.4 is 0 Å². The second-order valence-corrected chi connectivity index (χ2v) is 10.9. The summed E-state index contributed by atoms with van der Waals surface area (Å²) in [7, 11) is 1.27. The highest BCUT2D eigenvalue weighted by atomic mass is 127. The van der Waals surface area contributed by atoms with E-state index in [0.29, 0.717) is 30.4 Å². The molecule has 1 aromatic carbocycles. The van der Waals surface area contributed by atoms with Gasteiger partial charge in [0.15, 0.2) is 5.69 Å². The van der Waals surface area contributed by atoms with Crippen molar-refractivity contribution in [2.24, 2.45) is 0 Å². The standard InChI is InChI=1S/C24H23F3IN3O4S/c1-13-19(28)21(22(33)34-5)31(30-13)12-17-29-20(14-6-8-15(9-7-14)24(25,26)27)16(36-17)10-11-18(32)35-23(2,3)4/h6-11H,12H2,1-5H3. The number of hydrogen-bond donors (Lipinski definition) is 0. The fraction of sp³-hybridized carbons (Fsp3) is 0.333. The lowest BCUT2D eigenvalue weighted by atomic mass is 10.1. The Morgan fingerprint density at radius 1 is 1.17 bits per heavy atom. The van der Waals surface area contributed by atoms with Gasteiger partial charge in [-0.1, -0.05) is 12.1 Å². The molecular weight excluding hydrogens is 610 g/mol. The van der Waals surface area contributed by atoms with Crippen LogP contribution in [0.25, 0.3) is 17.3 Å². The van der Waals surface area contributed by atoms with Crippen molar-refractivity contribution in [3.05, 3.63) is 60.7 Å². The molecule has 7 nitrogen and oxygen atoms in total. The smallest absolute Gasteiger partial charge is 0.416 e. The van der Waals surface area contributed by atoms with Gasteiger partial charge in [-0.25, -0.2) is 19.3 Å². The molecule has 0 atom stereocenters. The van der Waals surface area contributed by atoms with Crippen LogP contribution in [0.15, 0.2) is 30.3 Å². The van der Waals surface area contributed by atoms with Gasteiger partial charge < -0.3 is 9.47 Å². The van der Waals surface area contributed by atoms with E-state index in [1.807, 2.05) is 22.6 Å². The molecule has 12 heteroatoms. The minimum Gasteiger partial charge on any atom is -0.464 e. The lowest BCUT2D eigenvalue weighted by molar-refractivity contribution is -0.148. The second kappa shape index (κ2) is 10.7. The van der Waals surface area contributed by atoms with Gasteiger partial charge in [-0.2, -0.15) is 18.3 Å². The Morgan fingerprint density at radius 3 is 2.36 bits per heavy atom. The van der Waals surface area contributed by atoms with Gasteiger partial charge in [-0.3, -0.25) is 0 Å². The van der Waals surface area contributed by atoms with Gasteiger partial charge in [0.05, 0.1) is 39.1 Å². The summed E-state index contributed by atoms with van der Waals surface area (Å²) < 4.78 is 51.4. The normalized spacial score (nSPS) is 12.2. The quantitative estimate of drug-likeness (QED) is 0.185. The number of benzene rings is 1. The van der Waals surface area contributed by atoms with E-state index in [4.69, 9.17) is 9.47 Å². The maximum atomic E-state index is 13.0. The Labute approximate surface area is 223 Å². The minimum atomic E-state index is -4.47. The SMILES string of the molecule is COC(=O)c1c(I)c(C)nn1Cc1nc(-c2ccc(C(F)(F)F)cc2)c(C=CC(=O)OC(C)(C)C)s1. The van der Waals surface area contributed by atoms with Crippen molar-refractivity contribution in [2.45, 2.75) is 46.0 Å². The lowest BCUT2D eigenvalue weighted by Gasteiger charge is -2.17. The third-order valence-electron chi connectivity index (χ3n) is 4.68. The Balaban J connectivity index is 2.03. The number of esters is 2. The maximum Gasteiger partial charge on any atom is 0.416 e. The maximum absolute atomic E-state index is 13.0. The van der Waals surface area contributed by atoms with Crippen LogP contribution in [0.5, 0.6) is 0 Å². The Kier molecular flexibility index (Phi) is 8.28. The highest BCUT2D eigenvalue weighted by molar-refractivity contribution is 14.1. The number of methoxy groups -OCH3 is 1. The highest BCUT2D eigenvalue weighted by Crippen LogP contribution is 2.34. The van der Waals surface area contributed by atoms with Gasteiger partial charge in [0.2, 0.25) is 0 Å². The molecule has 2 aromatic heterocycles. The van der Waals surface area contributed by atoms with Crippen LogP contribution in [0.2, 0.25) is 0 Å². The molecule has 3 rings (SSSR count). The number of nitrogens with zero attached hydrogens (tertiary/aromatic N) is 3. The lowest BCUT2D eigenvalue weighted by Crippen LogP contribution is -2.22. The zero-order valence-corrected chi connectivity index (χ0v) is 23.0. The average Bonchev–Trinajstić information content (AvgIpc) is 3.30. The van der Waals surface area contributed by atoms with Gasteiger partial charge in [-0.15, -0.1) is 11.3 Å². The van der Waals surface area contributed by atoms with E-state index in [9.17, 15) is 22.8 Å². The van der Waals surface area contributed by atoms with Crippen LogP contribution in [0.1, 0.15) is 52.4 Å².